The van der Waals surface area contributed by atoms with E-state index in [-0.39, 0.29) is 43.0 Å². The van der Waals surface area contributed by atoms with Gasteiger partial charge in [0.05, 0.1) is 24.8 Å². The van der Waals surface area contributed by atoms with Crippen LogP contribution in [0.1, 0.15) is 49.9 Å². The van der Waals surface area contributed by atoms with Crippen LogP contribution in [0.4, 0.5) is 5.69 Å². The Balaban J connectivity index is 1.68. The van der Waals surface area contributed by atoms with Crippen molar-refractivity contribution in [3.8, 4) is 11.5 Å². The van der Waals surface area contributed by atoms with Crippen molar-refractivity contribution in [2.75, 3.05) is 32.3 Å². The van der Waals surface area contributed by atoms with E-state index < -0.39 is 0 Å². The van der Waals surface area contributed by atoms with Crippen molar-refractivity contribution in [1.29, 1.82) is 0 Å². The zero-order valence-corrected chi connectivity index (χ0v) is 17.2. The van der Waals surface area contributed by atoms with Crippen molar-refractivity contribution < 1.29 is 28.6 Å². The molecule has 0 saturated heterocycles. The van der Waals surface area contributed by atoms with Crippen molar-refractivity contribution in [2.45, 2.75) is 45.6 Å². The molecule has 29 heavy (non-hydrogen) atoms. The number of hydrogen-bond donors (Lipinski definition) is 1. The minimum atomic E-state index is -0.262. The van der Waals surface area contributed by atoms with Gasteiger partial charge < -0.3 is 19.5 Å². The molecule has 8 heteroatoms. The molecule has 1 amide bonds. The number of fused-ring (bicyclic) bond motifs is 1. The standard InChI is InChI=1S/C21H28N2O6/c1-4-27-21(26)14-7-5-6-8-17(14)23(3)11-20(25)22-16-10-19-18(28-12-29-19)9-15(16)13(2)24/h9-10,14,17H,4-8,11-12H2,1-3H3,(H,22,25)/t14-,17-/m1/s1. The summed E-state index contributed by atoms with van der Waals surface area (Å²) in [5, 5.41) is 2.81. The summed E-state index contributed by atoms with van der Waals surface area (Å²) in [7, 11) is 1.84. The second-order valence-electron chi connectivity index (χ2n) is 7.48. The molecule has 3 rings (SSSR count). The zero-order valence-electron chi connectivity index (χ0n) is 17.2. The van der Waals surface area contributed by atoms with Gasteiger partial charge in [-0.2, -0.15) is 0 Å². The number of carbonyl (C=O) groups excluding carboxylic acids is 3. The molecule has 0 aromatic heterocycles. The second kappa shape index (κ2) is 9.26. The fourth-order valence-electron chi connectivity index (χ4n) is 4.03. The van der Waals surface area contributed by atoms with Crippen LogP contribution in [0.25, 0.3) is 0 Å². The van der Waals surface area contributed by atoms with Gasteiger partial charge in [-0.1, -0.05) is 12.8 Å². The first-order valence-electron chi connectivity index (χ1n) is 10.0. The van der Waals surface area contributed by atoms with Crippen LogP contribution in [0.2, 0.25) is 0 Å². The first kappa shape index (κ1) is 21.1. The molecule has 1 fully saturated rings. The number of anilines is 1. The number of hydrogen-bond acceptors (Lipinski definition) is 7. The summed E-state index contributed by atoms with van der Waals surface area (Å²) < 4.78 is 15.9. The molecular formula is C21H28N2O6. The maximum absolute atomic E-state index is 12.7. The third-order valence-electron chi connectivity index (χ3n) is 5.44. The van der Waals surface area contributed by atoms with Crippen molar-refractivity contribution in [1.82, 2.24) is 4.90 Å². The molecule has 2 aliphatic rings. The number of nitrogens with zero attached hydrogens (tertiary/aromatic N) is 1. The summed E-state index contributed by atoms with van der Waals surface area (Å²) in [5.74, 6) is 0.126. The Labute approximate surface area is 170 Å². The highest BCUT2D eigenvalue weighted by Gasteiger charge is 2.35. The van der Waals surface area contributed by atoms with Crippen LogP contribution in [-0.2, 0) is 14.3 Å². The minimum Gasteiger partial charge on any atom is -0.466 e. The summed E-state index contributed by atoms with van der Waals surface area (Å²) in [6, 6.07) is 3.15. The van der Waals surface area contributed by atoms with Crippen molar-refractivity contribution in [2.24, 2.45) is 5.92 Å². The molecule has 0 radical (unpaired) electrons. The Morgan fingerprint density at radius 2 is 1.86 bits per heavy atom. The average Bonchev–Trinajstić information content (AvgIpc) is 3.14. The molecule has 1 N–H and O–H groups in total. The fourth-order valence-corrected chi connectivity index (χ4v) is 4.03. The smallest absolute Gasteiger partial charge is 0.310 e. The predicted molar refractivity (Wildman–Crippen MR) is 106 cm³/mol. The van der Waals surface area contributed by atoms with E-state index in [0.717, 1.165) is 25.7 Å². The third kappa shape index (κ3) is 4.87. The average molecular weight is 404 g/mol. The first-order valence-corrected chi connectivity index (χ1v) is 10.0. The molecule has 1 aliphatic heterocycles. The van der Waals surface area contributed by atoms with Gasteiger partial charge in [0.2, 0.25) is 12.7 Å². The lowest BCUT2D eigenvalue weighted by molar-refractivity contribution is -0.152. The molecule has 1 aromatic rings. The van der Waals surface area contributed by atoms with Gasteiger partial charge in [0, 0.05) is 17.7 Å². The largest absolute Gasteiger partial charge is 0.466 e. The normalized spacial score (nSPS) is 20.4. The lowest BCUT2D eigenvalue weighted by Gasteiger charge is -2.36. The van der Waals surface area contributed by atoms with Crippen molar-refractivity contribution in [3.63, 3.8) is 0 Å². The summed E-state index contributed by atoms with van der Waals surface area (Å²) in [5.41, 5.74) is 0.762. The van der Waals surface area contributed by atoms with E-state index in [1.165, 1.54) is 6.92 Å². The molecule has 2 atom stereocenters. The topological polar surface area (TPSA) is 94.2 Å². The summed E-state index contributed by atoms with van der Waals surface area (Å²) in [6.07, 6.45) is 3.62. The van der Waals surface area contributed by atoms with Crippen LogP contribution in [-0.4, -0.2) is 55.6 Å². The van der Waals surface area contributed by atoms with Gasteiger partial charge in [0.25, 0.3) is 0 Å². The van der Waals surface area contributed by atoms with E-state index in [2.05, 4.69) is 5.32 Å². The van der Waals surface area contributed by atoms with Crippen LogP contribution >= 0.6 is 0 Å². The number of ketones is 1. The van der Waals surface area contributed by atoms with Gasteiger partial charge in [0.15, 0.2) is 17.3 Å². The highest BCUT2D eigenvalue weighted by molar-refractivity contribution is 6.05. The van der Waals surface area contributed by atoms with E-state index in [1.807, 2.05) is 11.9 Å². The number of Topliss-reactive ketones (excluding diaryl/α,β-unsaturated/α-hetero) is 1. The summed E-state index contributed by atoms with van der Waals surface area (Å²) in [6.45, 7) is 3.77. The second-order valence-corrected chi connectivity index (χ2v) is 7.48. The van der Waals surface area contributed by atoms with E-state index >= 15 is 0 Å². The fraction of sp³-hybridized carbons (Fsp3) is 0.571. The van der Waals surface area contributed by atoms with Crippen molar-refractivity contribution >= 4 is 23.3 Å². The highest BCUT2D eigenvalue weighted by Crippen LogP contribution is 2.37. The molecule has 1 aromatic carbocycles. The van der Waals surface area contributed by atoms with Crippen LogP contribution in [0.15, 0.2) is 12.1 Å². The van der Waals surface area contributed by atoms with Gasteiger partial charge in [-0.3, -0.25) is 19.3 Å². The minimum absolute atomic E-state index is 0.0439. The molecule has 1 saturated carbocycles. The molecule has 0 spiro atoms. The number of ether oxygens (including phenoxy) is 3. The molecule has 8 nitrogen and oxygen atoms in total. The Kier molecular flexibility index (Phi) is 6.74. The maximum atomic E-state index is 12.7. The van der Waals surface area contributed by atoms with Gasteiger partial charge in [-0.25, -0.2) is 0 Å². The maximum Gasteiger partial charge on any atom is 0.310 e. The molecule has 0 unspecified atom stereocenters. The van der Waals surface area contributed by atoms with Crippen LogP contribution in [0.3, 0.4) is 0 Å². The molecule has 158 valence electrons. The van der Waals surface area contributed by atoms with Gasteiger partial charge in [-0.15, -0.1) is 0 Å². The third-order valence-corrected chi connectivity index (χ3v) is 5.44. The van der Waals surface area contributed by atoms with E-state index in [4.69, 9.17) is 14.2 Å². The SMILES string of the molecule is CCOC(=O)[C@@H]1CCCC[C@H]1N(C)CC(=O)Nc1cc2c(cc1C(C)=O)OCO2. The molecule has 0 bridgehead atoms. The molecule has 1 heterocycles. The number of esters is 1. The highest BCUT2D eigenvalue weighted by atomic mass is 16.7. The van der Waals surface area contributed by atoms with Crippen molar-refractivity contribution in [3.05, 3.63) is 17.7 Å². The Hall–Kier alpha value is -2.61. The lowest BCUT2D eigenvalue weighted by atomic mass is 9.83. The first-order chi connectivity index (χ1) is 13.9. The Morgan fingerprint density at radius 1 is 1.17 bits per heavy atom. The van der Waals surface area contributed by atoms with Gasteiger partial charge in [0.1, 0.15) is 0 Å². The van der Waals surface area contributed by atoms with E-state index in [9.17, 15) is 14.4 Å². The number of likely N-dealkylation sites (N-methyl/N-ethyl adjacent to an activating group) is 1. The zero-order chi connectivity index (χ0) is 21.0. The van der Waals surface area contributed by atoms with Crippen LogP contribution in [0, 0.1) is 5.92 Å². The quantitative estimate of drug-likeness (QED) is 0.551. The van der Waals surface area contributed by atoms with Gasteiger partial charge in [-0.05, 0) is 39.8 Å². The number of amides is 1. The lowest BCUT2D eigenvalue weighted by Crippen LogP contribution is -2.46. The summed E-state index contributed by atoms with van der Waals surface area (Å²) in [4.78, 5) is 38.9. The summed E-state index contributed by atoms with van der Waals surface area (Å²) >= 11 is 0. The molecule has 1 aliphatic carbocycles. The van der Waals surface area contributed by atoms with Crippen LogP contribution < -0.4 is 14.8 Å². The molecular weight excluding hydrogens is 376 g/mol. The van der Waals surface area contributed by atoms with Crippen LogP contribution in [0.5, 0.6) is 11.5 Å². The van der Waals surface area contributed by atoms with Gasteiger partial charge >= 0.3 is 5.97 Å². The number of rotatable bonds is 7. The number of benzene rings is 1. The number of nitrogens with one attached hydrogen (secondary N) is 1. The number of carbonyl (C=O) groups is 3. The van der Waals surface area contributed by atoms with E-state index in [0.29, 0.717) is 29.4 Å². The Morgan fingerprint density at radius 3 is 2.55 bits per heavy atom. The van der Waals surface area contributed by atoms with E-state index in [1.54, 1.807) is 19.1 Å². The monoisotopic (exact) mass is 404 g/mol. The predicted octanol–water partition coefficient (Wildman–Crippen LogP) is 2.61. The Bertz CT molecular complexity index is 794.